The van der Waals surface area contributed by atoms with Crippen molar-refractivity contribution >= 4 is 5.91 Å². The van der Waals surface area contributed by atoms with Crippen molar-refractivity contribution in [2.75, 3.05) is 6.61 Å². The molecule has 0 saturated carbocycles. The number of aromatic hydroxyl groups is 2. The van der Waals surface area contributed by atoms with Gasteiger partial charge in [-0.3, -0.25) is 4.79 Å². The van der Waals surface area contributed by atoms with Crippen LogP contribution in [0.25, 0.3) is 0 Å². The second kappa shape index (κ2) is 6.10. The van der Waals surface area contributed by atoms with E-state index in [1.807, 2.05) is 6.92 Å². The zero-order valence-corrected chi connectivity index (χ0v) is 9.68. The Labute approximate surface area is 99.7 Å². The molecule has 0 saturated heterocycles. The van der Waals surface area contributed by atoms with Crippen molar-refractivity contribution in [3.05, 3.63) is 23.8 Å². The number of nitrogens with one attached hydrogen (secondary N) is 1. The van der Waals surface area contributed by atoms with Crippen LogP contribution in [0.1, 0.15) is 30.1 Å². The Morgan fingerprint density at radius 2 is 2.12 bits per heavy atom. The summed E-state index contributed by atoms with van der Waals surface area (Å²) in [4.78, 5) is 11.8. The maximum absolute atomic E-state index is 11.8. The number of phenols is 2. The minimum atomic E-state index is -0.414. The molecule has 1 atom stereocenters. The van der Waals surface area contributed by atoms with E-state index in [0.717, 1.165) is 6.07 Å². The first-order valence-electron chi connectivity index (χ1n) is 5.52. The summed E-state index contributed by atoms with van der Waals surface area (Å²) in [5.74, 6) is -0.773. The molecule has 94 valence electrons. The molecule has 0 radical (unpaired) electrons. The zero-order valence-electron chi connectivity index (χ0n) is 9.68. The smallest absolute Gasteiger partial charge is 0.255 e. The molecule has 5 nitrogen and oxygen atoms in total. The summed E-state index contributed by atoms with van der Waals surface area (Å²) < 4.78 is 0. The first-order chi connectivity index (χ1) is 8.08. The standard InChI is InChI=1S/C12H17NO4/c1-2-8(5-6-14)13-12(17)10-4-3-9(15)7-11(10)16/h3-4,7-8,14-16H,2,5-6H2,1H3,(H,13,17). The van der Waals surface area contributed by atoms with Crippen molar-refractivity contribution in [3.8, 4) is 11.5 Å². The van der Waals surface area contributed by atoms with E-state index in [4.69, 9.17) is 10.2 Å². The van der Waals surface area contributed by atoms with Gasteiger partial charge in [-0.15, -0.1) is 0 Å². The van der Waals surface area contributed by atoms with Crippen LogP contribution in [-0.2, 0) is 0 Å². The van der Waals surface area contributed by atoms with Gasteiger partial charge in [0.25, 0.3) is 5.91 Å². The van der Waals surface area contributed by atoms with Crippen molar-refractivity contribution in [2.24, 2.45) is 0 Å². The molecule has 1 unspecified atom stereocenters. The molecule has 17 heavy (non-hydrogen) atoms. The van der Waals surface area contributed by atoms with Crippen LogP contribution >= 0.6 is 0 Å². The van der Waals surface area contributed by atoms with Crippen molar-refractivity contribution < 1.29 is 20.1 Å². The second-order valence-electron chi connectivity index (χ2n) is 3.79. The molecule has 5 heteroatoms. The van der Waals surface area contributed by atoms with E-state index in [1.54, 1.807) is 0 Å². The molecule has 0 aliphatic heterocycles. The van der Waals surface area contributed by atoms with E-state index in [2.05, 4.69) is 5.32 Å². The summed E-state index contributed by atoms with van der Waals surface area (Å²) in [6.45, 7) is 1.90. The van der Waals surface area contributed by atoms with Crippen LogP contribution in [0, 0.1) is 0 Å². The van der Waals surface area contributed by atoms with Crippen molar-refractivity contribution in [1.82, 2.24) is 5.32 Å². The number of amides is 1. The maximum Gasteiger partial charge on any atom is 0.255 e. The van der Waals surface area contributed by atoms with E-state index in [1.165, 1.54) is 12.1 Å². The molecule has 0 spiro atoms. The highest BCUT2D eigenvalue weighted by atomic mass is 16.3. The fraction of sp³-hybridized carbons (Fsp3) is 0.417. The van der Waals surface area contributed by atoms with E-state index >= 15 is 0 Å². The number of aliphatic hydroxyl groups is 1. The summed E-state index contributed by atoms with van der Waals surface area (Å²) in [6, 6.07) is 3.68. The van der Waals surface area contributed by atoms with Crippen LogP contribution in [0.5, 0.6) is 11.5 Å². The normalized spacial score (nSPS) is 12.1. The number of benzene rings is 1. The van der Waals surface area contributed by atoms with Crippen LogP contribution in [0.3, 0.4) is 0 Å². The number of carbonyl (C=O) groups excluding carboxylic acids is 1. The Balaban J connectivity index is 2.75. The van der Waals surface area contributed by atoms with E-state index < -0.39 is 5.91 Å². The lowest BCUT2D eigenvalue weighted by Gasteiger charge is -2.16. The first-order valence-corrected chi connectivity index (χ1v) is 5.52. The van der Waals surface area contributed by atoms with Crippen LogP contribution in [0.4, 0.5) is 0 Å². The Kier molecular flexibility index (Phi) is 4.78. The lowest BCUT2D eigenvalue weighted by molar-refractivity contribution is 0.0926. The summed E-state index contributed by atoms with van der Waals surface area (Å²) in [5.41, 5.74) is 0.110. The molecule has 0 aliphatic rings. The Morgan fingerprint density at radius 1 is 1.41 bits per heavy atom. The number of carbonyl (C=O) groups is 1. The van der Waals surface area contributed by atoms with Gasteiger partial charge in [-0.1, -0.05) is 6.92 Å². The summed E-state index contributed by atoms with van der Waals surface area (Å²) in [7, 11) is 0. The van der Waals surface area contributed by atoms with Gasteiger partial charge in [0.15, 0.2) is 0 Å². The van der Waals surface area contributed by atoms with Gasteiger partial charge in [0, 0.05) is 18.7 Å². The topological polar surface area (TPSA) is 89.8 Å². The van der Waals surface area contributed by atoms with Gasteiger partial charge in [-0.25, -0.2) is 0 Å². The largest absolute Gasteiger partial charge is 0.508 e. The third kappa shape index (κ3) is 3.64. The molecule has 0 heterocycles. The van der Waals surface area contributed by atoms with Gasteiger partial charge >= 0.3 is 0 Å². The monoisotopic (exact) mass is 239 g/mol. The second-order valence-corrected chi connectivity index (χ2v) is 3.79. The maximum atomic E-state index is 11.8. The Morgan fingerprint density at radius 3 is 2.65 bits per heavy atom. The molecule has 1 amide bonds. The molecule has 4 N–H and O–H groups in total. The zero-order chi connectivity index (χ0) is 12.8. The average Bonchev–Trinajstić information content (AvgIpc) is 2.28. The fourth-order valence-corrected chi connectivity index (χ4v) is 1.51. The van der Waals surface area contributed by atoms with Gasteiger partial charge in [0.2, 0.25) is 0 Å². The van der Waals surface area contributed by atoms with Crippen LogP contribution in [0.2, 0.25) is 0 Å². The van der Waals surface area contributed by atoms with Crippen molar-refractivity contribution in [3.63, 3.8) is 0 Å². The molecular formula is C12H17NO4. The fourth-order valence-electron chi connectivity index (χ4n) is 1.51. The van der Waals surface area contributed by atoms with E-state index in [9.17, 15) is 9.90 Å². The van der Waals surface area contributed by atoms with Crippen LogP contribution < -0.4 is 5.32 Å². The highest BCUT2D eigenvalue weighted by Crippen LogP contribution is 2.22. The molecule has 1 aromatic rings. The van der Waals surface area contributed by atoms with Crippen LogP contribution in [0.15, 0.2) is 18.2 Å². The van der Waals surface area contributed by atoms with Crippen LogP contribution in [-0.4, -0.2) is 33.9 Å². The summed E-state index contributed by atoms with van der Waals surface area (Å²) >= 11 is 0. The lowest BCUT2D eigenvalue weighted by Crippen LogP contribution is -2.35. The number of phenolic OH excluding ortho intramolecular Hbond substituents is 2. The predicted octanol–water partition coefficient (Wildman–Crippen LogP) is 0.989. The SMILES string of the molecule is CCC(CCO)NC(=O)c1ccc(O)cc1O. The first kappa shape index (κ1) is 13.3. The molecule has 0 fully saturated rings. The summed E-state index contributed by atoms with van der Waals surface area (Å²) in [5, 5.41) is 30.1. The Bertz CT molecular complexity index is 392. The molecule has 1 rings (SSSR count). The highest BCUT2D eigenvalue weighted by Gasteiger charge is 2.15. The minimum absolute atomic E-state index is 0.000344. The third-order valence-corrected chi connectivity index (χ3v) is 2.53. The van der Waals surface area contributed by atoms with Gasteiger partial charge in [-0.2, -0.15) is 0 Å². The molecule has 0 aromatic heterocycles. The van der Waals surface area contributed by atoms with Gasteiger partial charge < -0.3 is 20.6 Å². The quantitative estimate of drug-likeness (QED) is 0.616. The number of aliphatic hydroxyl groups excluding tert-OH is 1. The minimum Gasteiger partial charge on any atom is -0.508 e. The van der Waals surface area contributed by atoms with E-state index in [0.29, 0.717) is 12.8 Å². The number of hydrogen-bond donors (Lipinski definition) is 4. The molecular weight excluding hydrogens is 222 g/mol. The Hall–Kier alpha value is -1.75. The molecule has 1 aromatic carbocycles. The van der Waals surface area contributed by atoms with Gasteiger partial charge in [-0.05, 0) is 25.0 Å². The highest BCUT2D eigenvalue weighted by molar-refractivity contribution is 5.97. The lowest BCUT2D eigenvalue weighted by atomic mass is 10.1. The van der Waals surface area contributed by atoms with Crippen molar-refractivity contribution in [1.29, 1.82) is 0 Å². The van der Waals surface area contributed by atoms with Crippen molar-refractivity contribution in [2.45, 2.75) is 25.8 Å². The van der Waals surface area contributed by atoms with Gasteiger partial charge in [0.05, 0.1) is 5.56 Å². The third-order valence-electron chi connectivity index (χ3n) is 2.53. The summed E-state index contributed by atoms with van der Waals surface area (Å²) in [6.07, 6.45) is 1.17. The predicted molar refractivity (Wildman–Crippen MR) is 63.0 cm³/mol. The number of hydrogen-bond acceptors (Lipinski definition) is 4. The molecule has 0 aliphatic carbocycles. The average molecular weight is 239 g/mol. The van der Waals surface area contributed by atoms with Gasteiger partial charge in [0.1, 0.15) is 11.5 Å². The number of rotatable bonds is 5. The molecule has 0 bridgehead atoms. The van der Waals surface area contributed by atoms with E-state index in [-0.39, 0.29) is 29.7 Å².